The minimum atomic E-state index is -0.121. The number of halogens is 3. The third kappa shape index (κ3) is 3.96. The molecule has 0 spiro atoms. The fraction of sp³-hybridized carbons (Fsp3) is 0.0625. The minimum Gasteiger partial charge on any atom is -0.360 e. The van der Waals surface area contributed by atoms with Gasteiger partial charge in [0.2, 0.25) is 5.91 Å². The average Bonchev–Trinajstić information content (AvgIpc) is 2.91. The van der Waals surface area contributed by atoms with Crippen molar-refractivity contribution in [2.45, 2.75) is 4.90 Å². The van der Waals surface area contributed by atoms with Gasteiger partial charge in [-0.05, 0) is 36.4 Å². The number of carbonyl (C=O) groups excluding carboxylic acids is 1. The fourth-order valence-corrected chi connectivity index (χ4v) is 3.40. The van der Waals surface area contributed by atoms with Crippen molar-refractivity contribution in [2.24, 2.45) is 0 Å². The van der Waals surface area contributed by atoms with Gasteiger partial charge in [0.15, 0.2) is 0 Å². The van der Waals surface area contributed by atoms with E-state index in [9.17, 15) is 4.79 Å². The summed E-state index contributed by atoms with van der Waals surface area (Å²) in [6.45, 7) is 0. The van der Waals surface area contributed by atoms with Crippen molar-refractivity contribution >= 4 is 69.1 Å². The van der Waals surface area contributed by atoms with Crippen molar-refractivity contribution < 1.29 is 4.79 Å². The lowest BCUT2D eigenvalue weighted by atomic mass is 10.2. The summed E-state index contributed by atoms with van der Waals surface area (Å²) in [5.41, 5.74) is 1.61. The largest absolute Gasteiger partial charge is 0.360 e. The Kier molecular flexibility index (Phi) is 5.07. The molecule has 7 heteroatoms. The first-order valence-corrected chi connectivity index (χ1v) is 8.79. The van der Waals surface area contributed by atoms with Gasteiger partial charge in [-0.15, -0.1) is 11.8 Å². The van der Waals surface area contributed by atoms with Gasteiger partial charge in [0.05, 0.1) is 15.8 Å². The van der Waals surface area contributed by atoms with E-state index >= 15 is 0 Å². The highest BCUT2D eigenvalue weighted by atomic mass is 35.5. The molecule has 0 atom stereocenters. The molecule has 0 saturated heterocycles. The van der Waals surface area contributed by atoms with Gasteiger partial charge in [0.1, 0.15) is 0 Å². The van der Waals surface area contributed by atoms with Crippen LogP contribution >= 0.6 is 46.6 Å². The van der Waals surface area contributed by atoms with E-state index in [-0.39, 0.29) is 11.7 Å². The lowest BCUT2D eigenvalue weighted by Crippen LogP contribution is -2.13. The zero-order valence-electron chi connectivity index (χ0n) is 11.7. The Hall–Kier alpha value is -1.33. The number of rotatable bonds is 4. The number of amides is 1. The number of thioether (sulfide) groups is 1. The van der Waals surface area contributed by atoms with Gasteiger partial charge < -0.3 is 10.3 Å². The van der Waals surface area contributed by atoms with E-state index in [1.165, 1.54) is 11.8 Å². The van der Waals surface area contributed by atoms with Crippen LogP contribution in [-0.2, 0) is 4.79 Å². The van der Waals surface area contributed by atoms with Crippen molar-refractivity contribution in [1.29, 1.82) is 0 Å². The number of anilines is 1. The smallest absolute Gasteiger partial charge is 0.234 e. The van der Waals surface area contributed by atoms with E-state index in [1.807, 2.05) is 24.4 Å². The van der Waals surface area contributed by atoms with Crippen LogP contribution in [0, 0.1) is 0 Å². The van der Waals surface area contributed by atoms with Gasteiger partial charge in [0.25, 0.3) is 0 Å². The van der Waals surface area contributed by atoms with Crippen molar-refractivity contribution in [1.82, 2.24) is 4.98 Å². The number of hydrogen-bond donors (Lipinski definition) is 2. The topological polar surface area (TPSA) is 44.9 Å². The summed E-state index contributed by atoms with van der Waals surface area (Å²) >= 11 is 19.2. The SMILES string of the molecule is O=C(CSc1c[nH]c2ccc(Cl)cc12)Nc1ccc(Cl)c(Cl)c1. The van der Waals surface area contributed by atoms with Gasteiger partial charge in [0, 0.05) is 32.7 Å². The maximum atomic E-state index is 12.1. The van der Waals surface area contributed by atoms with E-state index in [0.717, 1.165) is 15.8 Å². The van der Waals surface area contributed by atoms with Crippen molar-refractivity contribution in [3.8, 4) is 0 Å². The predicted molar refractivity (Wildman–Crippen MR) is 99.1 cm³/mol. The van der Waals surface area contributed by atoms with Crippen LogP contribution in [0.15, 0.2) is 47.5 Å². The molecule has 1 aromatic heterocycles. The summed E-state index contributed by atoms with van der Waals surface area (Å²) in [6, 6.07) is 10.6. The van der Waals surface area contributed by atoms with Crippen molar-refractivity contribution in [3.05, 3.63) is 57.7 Å². The zero-order chi connectivity index (χ0) is 16.4. The molecule has 3 nitrogen and oxygen atoms in total. The van der Waals surface area contributed by atoms with Crippen LogP contribution < -0.4 is 5.32 Å². The number of benzene rings is 2. The third-order valence-corrected chi connectivity index (χ3v) is 5.20. The summed E-state index contributed by atoms with van der Waals surface area (Å²) in [5, 5.41) is 5.32. The molecule has 0 aliphatic carbocycles. The first kappa shape index (κ1) is 16.5. The molecule has 0 bridgehead atoms. The Morgan fingerprint density at radius 3 is 2.70 bits per heavy atom. The van der Waals surface area contributed by atoms with Crippen LogP contribution in [-0.4, -0.2) is 16.6 Å². The molecule has 0 saturated carbocycles. The molecule has 0 aliphatic heterocycles. The number of fused-ring (bicyclic) bond motifs is 1. The highest BCUT2D eigenvalue weighted by Crippen LogP contribution is 2.30. The van der Waals surface area contributed by atoms with Gasteiger partial charge in [-0.2, -0.15) is 0 Å². The van der Waals surface area contributed by atoms with Gasteiger partial charge in [-0.25, -0.2) is 0 Å². The fourth-order valence-electron chi connectivity index (χ4n) is 2.10. The first-order valence-electron chi connectivity index (χ1n) is 6.67. The molecule has 118 valence electrons. The van der Waals surface area contributed by atoms with Crippen molar-refractivity contribution in [3.63, 3.8) is 0 Å². The monoisotopic (exact) mass is 384 g/mol. The predicted octanol–water partition coefficient (Wildman–Crippen LogP) is 5.86. The molecule has 0 aliphatic rings. The number of carbonyl (C=O) groups is 1. The van der Waals surface area contributed by atoms with Gasteiger partial charge >= 0.3 is 0 Å². The van der Waals surface area contributed by atoms with E-state index in [0.29, 0.717) is 20.8 Å². The van der Waals surface area contributed by atoms with Crippen LogP contribution in [0.25, 0.3) is 10.9 Å². The summed E-state index contributed by atoms with van der Waals surface area (Å²) in [6.07, 6.45) is 1.87. The van der Waals surface area contributed by atoms with Gasteiger partial charge in [-0.3, -0.25) is 4.79 Å². The summed E-state index contributed by atoms with van der Waals surface area (Å²) in [4.78, 5) is 16.2. The van der Waals surface area contributed by atoms with E-state index in [4.69, 9.17) is 34.8 Å². The molecule has 3 aromatic rings. The van der Waals surface area contributed by atoms with Gasteiger partial charge in [-0.1, -0.05) is 34.8 Å². The molecule has 23 heavy (non-hydrogen) atoms. The van der Waals surface area contributed by atoms with Crippen LogP contribution in [0.5, 0.6) is 0 Å². The second kappa shape index (κ2) is 7.05. The Labute approximate surface area is 152 Å². The number of hydrogen-bond acceptors (Lipinski definition) is 2. The molecule has 1 amide bonds. The molecule has 2 N–H and O–H groups in total. The van der Waals surface area contributed by atoms with E-state index < -0.39 is 0 Å². The third-order valence-electron chi connectivity index (χ3n) is 3.17. The summed E-state index contributed by atoms with van der Waals surface area (Å²) < 4.78 is 0. The Bertz CT molecular complexity index is 879. The quantitative estimate of drug-likeness (QED) is 0.552. The second-order valence-electron chi connectivity index (χ2n) is 4.81. The lowest BCUT2D eigenvalue weighted by molar-refractivity contribution is -0.113. The maximum absolute atomic E-state index is 12.1. The zero-order valence-corrected chi connectivity index (χ0v) is 14.8. The standard InChI is InChI=1S/C16H11Cl3N2OS/c17-9-1-4-14-11(5-9)15(7-20-14)23-8-16(22)21-10-2-3-12(18)13(19)6-10/h1-7,20H,8H2,(H,21,22). The van der Waals surface area contributed by atoms with Crippen LogP contribution in [0.2, 0.25) is 15.1 Å². The molecule has 0 fully saturated rings. The maximum Gasteiger partial charge on any atom is 0.234 e. The normalized spacial score (nSPS) is 10.9. The highest BCUT2D eigenvalue weighted by Gasteiger charge is 2.09. The Balaban J connectivity index is 1.66. The average molecular weight is 386 g/mol. The van der Waals surface area contributed by atoms with Crippen LogP contribution in [0.3, 0.4) is 0 Å². The Morgan fingerprint density at radius 1 is 1.09 bits per heavy atom. The molecule has 0 radical (unpaired) electrons. The first-order chi connectivity index (χ1) is 11.0. The van der Waals surface area contributed by atoms with E-state index in [2.05, 4.69) is 10.3 Å². The molecule has 2 aromatic carbocycles. The lowest BCUT2D eigenvalue weighted by Gasteiger charge is -2.06. The van der Waals surface area contributed by atoms with Crippen LogP contribution in [0.4, 0.5) is 5.69 Å². The number of aromatic amines is 1. The minimum absolute atomic E-state index is 0.121. The molecular weight excluding hydrogens is 375 g/mol. The highest BCUT2D eigenvalue weighted by molar-refractivity contribution is 8.00. The second-order valence-corrected chi connectivity index (χ2v) is 7.08. The summed E-state index contributed by atoms with van der Waals surface area (Å²) in [5.74, 6) is 0.157. The molecule has 1 heterocycles. The number of H-pyrrole nitrogens is 1. The molecule has 0 unspecified atom stereocenters. The molecule has 3 rings (SSSR count). The van der Waals surface area contributed by atoms with E-state index in [1.54, 1.807) is 18.2 Å². The molecular formula is C16H11Cl3N2OS. The number of aromatic nitrogens is 1. The summed E-state index contributed by atoms with van der Waals surface area (Å²) in [7, 11) is 0. The number of nitrogens with one attached hydrogen (secondary N) is 2. The van der Waals surface area contributed by atoms with Crippen LogP contribution in [0.1, 0.15) is 0 Å². The van der Waals surface area contributed by atoms with Crippen molar-refractivity contribution in [2.75, 3.05) is 11.1 Å². The Morgan fingerprint density at radius 2 is 1.91 bits per heavy atom.